The summed E-state index contributed by atoms with van der Waals surface area (Å²) in [6.45, 7) is 4.09. The van der Waals surface area contributed by atoms with E-state index < -0.39 is 0 Å². The molecule has 0 radical (unpaired) electrons. The number of nitrogens with zero attached hydrogens (tertiary/aromatic N) is 4. The fourth-order valence-corrected chi connectivity index (χ4v) is 4.24. The largest absolute Gasteiger partial charge is 0.341 e. The lowest BCUT2D eigenvalue weighted by Crippen LogP contribution is -2.38. The second-order valence-electron chi connectivity index (χ2n) is 8.02. The van der Waals surface area contributed by atoms with Gasteiger partial charge in [0.25, 0.3) is 5.91 Å². The summed E-state index contributed by atoms with van der Waals surface area (Å²) in [5.41, 5.74) is 3.80. The molecule has 1 aliphatic heterocycles. The minimum Gasteiger partial charge on any atom is -0.341 e. The van der Waals surface area contributed by atoms with Gasteiger partial charge in [0.15, 0.2) is 0 Å². The van der Waals surface area contributed by atoms with Gasteiger partial charge in [-0.2, -0.15) is 0 Å². The zero-order valence-electron chi connectivity index (χ0n) is 18.1. The van der Waals surface area contributed by atoms with Gasteiger partial charge in [-0.1, -0.05) is 54.6 Å². The third-order valence-electron chi connectivity index (χ3n) is 5.90. The second-order valence-corrected chi connectivity index (χ2v) is 8.02. The van der Waals surface area contributed by atoms with Crippen LogP contribution >= 0.6 is 0 Å². The molecule has 31 heavy (non-hydrogen) atoms. The molecule has 0 spiro atoms. The molecule has 1 atom stereocenters. The molecule has 6 nitrogen and oxygen atoms in total. The molecule has 6 heteroatoms. The molecule has 0 saturated carbocycles. The SMILES string of the molecule is CCN1CCN(C(=O)c2cn(C)cn2)C[C@@H](Cc2ccccc2-c2ccccc2)C1=O. The van der Waals surface area contributed by atoms with Crippen molar-refractivity contribution >= 4 is 11.8 Å². The normalized spacial score (nSPS) is 17.0. The van der Waals surface area contributed by atoms with Gasteiger partial charge < -0.3 is 14.4 Å². The summed E-state index contributed by atoms with van der Waals surface area (Å²) in [7, 11) is 1.85. The van der Waals surface area contributed by atoms with Gasteiger partial charge in [-0.05, 0) is 30.0 Å². The van der Waals surface area contributed by atoms with Gasteiger partial charge in [0.2, 0.25) is 5.91 Å². The third-order valence-corrected chi connectivity index (χ3v) is 5.90. The Labute approximate surface area is 183 Å². The quantitative estimate of drug-likeness (QED) is 0.642. The van der Waals surface area contributed by atoms with Crippen molar-refractivity contribution in [2.45, 2.75) is 13.3 Å². The zero-order chi connectivity index (χ0) is 21.8. The standard InChI is InChI=1S/C25H28N4O2/c1-3-28-13-14-29(25(31)23-17-27(2)18-26-23)16-21(24(28)30)15-20-11-7-8-12-22(20)19-9-5-4-6-10-19/h4-12,17-18,21H,3,13-16H2,1-2H3/t21-/m1/s1. The Morgan fingerprint density at radius 2 is 1.81 bits per heavy atom. The van der Waals surface area contributed by atoms with E-state index in [-0.39, 0.29) is 17.7 Å². The van der Waals surface area contributed by atoms with Gasteiger partial charge in [0, 0.05) is 39.4 Å². The van der Waals surface area contributed by atoms with Crippen molar-refractivity contribution in [3.63, 3.8) is 0 Å². The molecule has 0 bridgehead atoms. The minimum absolute atomic E-state index is 0.113. The Morgan fingerprint density at radius 1 is 1.06 bits per heavy atom. The van der Waals surface area contributed by atoms with Gasteiger partial charge in [-0.3, -0.25) is 9.59 Å². The predicted molar refractivity (Wildman–Crippen MR) is 120 cm³/mol. The maximum absolute atomic E-state index is 13.3. The number of rotatable bonds is 5. The maximum atomic E-state index is 13.3. The van der Waals surface area contributed by atoms with E-state index in [1.807, 2.05) is 49.2 Å². The maximum Gasteiger partial charge on any atom is 0.274 e. The number of aromatic nitrogens is 2. The van der Waals surface area contributed by atoms with Gasteiger partial charge in [0.1, 0.15) is 5.69 Å². The molecule has 3 aromatic rings. The van der Waals surface area contributed by atoms with E-state index in [9.17, 15) is 9.59 Å². The number of likely N-dealkylation sites (N-methyl/N-ethyl adjacent to an activating group) is 1. The molecular weight excluding hydrogens is 388 g/mol. The van der Waals surface area contributed by atoms with Crippen LogP contribution in [0.5, 0.6) is 0 Å². The average Bonchev–Trinajstić information content (AvgIpc) is 3.17. The van der Waals surface area contributed by atoms with Crippen molar-refractivity contribution < 1.29 is 9.59 Å². The number of amides is 2. The highest BCUT2D eigenvalue weighted by Crippen LogP contribution is 2.27. The van der Waals surface area contributed by atoms with E-state index in [1.54, 1.807) is 22.0 Å². The molecule has 1 aromatic heterocycles. The second kappa shape index (κ2) is 9.16. The summed E-state index contributed by atoms with van der Waals surface area (Å²) < 4.78 is 1.77. The van der Waals surface area contributed by atoms with Crippen LogP contribution in [0.3, 0.4) is 0 Å². The van der Waals surface area contributed by atoms with E-state index in [4.69, 9.17) is 0 Å². The molecule has 1 saturated heterocycles. The summed E-state index contributed by atoms with van der Waals surface area (Å²) in [6.07, 6.45) is 3.95. The molecular formula is C25H28N4O2. The molecule has 1 fully saturated rings. The summed E-state index contributed by atoms with van der Waals surface area (Å²) in [5.74, 6) is -0.297. The van der Waals surface area contributed by atoms with Crippen LogP contribution in [0.4, 0.5) is 0 Å². The number of carbonyl (C=O) groups excluding carboxylic acids is 2. The molecule has 160 valence electrons. The van der Waals surface area contributed by atoms with E-state index in [2.05, 4.69) is 29.2 Å². The first-order valence-corrected chi connectivity index (χ1v) is 10.8. The van der Waals surface area contributed by atoms with Crippen molar-refractivity contribution in [3.05, 3.63) is 78.4 Å². The zero-order valence-corrected chi connectivity index (χ0v) is 18.1. The summed E-state index contributed by atoms with van der Waals surface area (Å²) in [5, 5.41) is 0. The molecule has 2 aromatic carbocycles. The van der Waals surface area contributed by atoms with Crippen LogP contribution in [0.25, 0.3) is 11.1 Å². The van der Waals surface area contributed by atoms with Crippen LogP contribution in [0.2, 0.25) is 0 Å². The fraction of sp³-hybridized carbons (Fsp3) is 0.320. The lowest BCUT2D eigenvalue weighted by molar-refractivity contribution is -0.134. The van der Waals surface area contributed by atoms with E-state index in [0.717, 1.165) is 16.7 Å². The molecule has 0 aliphatic carbocycles. The van der Waals surface area contributed by atoms with Gasteiger partial charge in [-0.25, -0.2) is 4.98 Å². The first kappa shape index (κ1) is 20.8. The van der Waals surface area contributed by atoms with Crippen LogP contribution in [0, 0.1) is 5.92 Å². The third kappa shape index (κ3) is 4.53. The topological polar surface area (TPSA) is 58.4 Å². The first-order chi connectivity index (χ1) is 15.1. The molecule has 0 unspecified atom stereocenters. The smallest absolute Gasteiger partial charge is 0.274 e. The van der Waals surface area contributed by atoms with Gasteiger partial charge in [0.05, 0.1) is 12.2 Å². The lowest BCUT2D eigenvalue weighted by atomic mass is 9.91. The Kier molecular flexibility index (Phi) is 6.16. The number of hydrogen-bond acceptors (Lipinski definition) is 3. The lowest BCUT2D eigenvalue weighted by Gasteiger charge is -2.24. The Balaban J connectivity index is 1.62. The predicted octanol–water partition coefficient (Wildman–Crippen LogP) is 3.25. The van der Waals surface area contributed by atoms with Crippen molar-refractivity contribution in [2.24, 2.45) is 13.0 Å². The van der Waals surface area contributed by atoms with E-state index in [1.165, 1.54) is 0 Å². The van der Waals surface area contributed by atoms with Gasteiger partial charge >= 0.3 is 0 Å². The number of aryl methyl sites for hydroxylation is 1. The molecule has 2 heterocycles. The van der Waals surface area contributed by atoms with Crippen molar-refractivity contribution in [1.82, 2.24) is 19.4 Å². The first-order valence-electron chi connectivity index (χ1n) is 10.8. The van der Waals surface area contributed by atoms with Crippen LogP contribution < -0.4 is 0 Å². The number of carbonyl (C=O) groups is 2. The van der Waals surface area contributed by atoms with Crippen LogP contribution in [0.15, 0.2) is 67.1 Å². The highest BCUT2D eigenvalue weighted by molar-refractivity contribution is 5.93. The Bertz CT molecular complexity index is 1060. The Hall–Kier alpha value is -3.41. The van der Waals surface area contributed by atoms with Crippen molar-refractivity contribution in [3.8, 4) is 11.1 Å². The van der Waals surface area contributed by atoms with Crippen molar-refractivity contribution in [1.29, 1.82) is 0 Å². The molecule has 4 rings (SSSR count). The van der Waals surface area contributed by atoms with E-state index in [0.29, 0.717) is 38.3 Å². The molecule has 0 N–H and O–H groups in total. The molecule has 1 aliphatic rings. The monoisotopic (exact) mass is 416 g/mol. The number of hydrogen-bond donors (Lipinski definition) is 0. The van der Waals surface area contributed by atoms with E-state index >= 15 is 0 Å². The van der Waals surface area contributed by atoms with Crippen LogP contribution in [0.1, 0.15) is 23.0 Å². The van der Waals surface area contributed by atoms with Crippen LogP contribution in [-0.2, 0) is 18.3 Å². The summed E-state index contributed by atoms with van der Waals surface area (Å²) in [6, 6.07) is 18.4. The minimum atomic E-state index is -0.292. The molecule has 2 amide bonds. The average molecular weight is 417 g/mol. The fourth-order valence-electron chi connectivity index (χ4n) is 4.24. The number of imidazole rings is 1. The van der Waals surface area contributed by atoms with Gasteiger partial charge in [-0.15, -0.1) is 0 Å². The highest BCUT2D eigenvalue weighted by atomic mass is 16.2. The summed E-state index contributed by atoms with van der Waals surface area (Å²) >= 11 is 0. The van der Waals surface area contributed by atoms with Crippen molar-refractivity contribution in [2.75, 3.05) is 26.2 Å². The highest BCUT2D eigenvalue weighted by Gasteiger charge is 2.33. The Morgan fingerprint density at radius 3 is 2.52 bits per heavy atom. The summed E-state index contributed by atoms with van der Waals surface area (Å²) in [4.78, 5) is 34.2. The van der Waals surface area contributed by atoms with Crippen LogP contribution in [-0.4, -0.2) is 57.3 Å². The number of benzene rings is 2.